The number of hydrogen-bond donors (Lipinski definition) is 0. The van der Waals surface area contributed by atoms with Gasteiger partial charge in [0, 0.05) is 23.5 Å². The van der Waals surface area contributed by atoms with Gasteiger partial charge in [0.25, 0.3) is 0 Å². The smallest absolute Gasteiger partial charge is 0.146 e. The Morgan fingerprint density at radius 1 is 1.00 bits per heavy atom. The maximum Gasteiger partial charge on any atom is 0.146 e. The zero-order valence-electron chi connectivity index (χ0n) is 13.4. The number of para-hydroxylation sites is 2. The highest BCUT2D eigenvalue weighted by Crippen LogP contribution is 2.35. The Morgan fingerprint density at radius 2 is 1.83 bits per heavy atom. The average molecular weight is 313 g/mol. The van der Waals surface area contributed by atoms with E-state index in [1.165, 1.54) is 0 Å². The van der Waals surface area contributed by atoms with Crippen LogP contribution >= 0.6 is 0 Å². The van der Waals surface area contributed by atoms with E-state index in [2.05, 4.69) is 39.9 Å². The van der Waals surface area contributed by atoms with Crippen LogP contribution in [-0.4, -0.2) is 14.5 Å². The Morgan fingerprint density at radius 3 is 2.75 bits per heavy atom. The second-order valence-corrected chi connectivity index (χ2v) is 6.09. The van der Waals surface area contributed by atoms with E-state index in [-0.39, 0.29) is 0 Å². The summed E-state index contributed by atoms with van der Waals surface area (Å²) in [6, 6.07) is 16.4. The fraction of sp³-hybridized carbons (Fsp3) is 0.100. The number of pyridine rings is 1. The van der Waals surface area contributed by atoms with Crippen LogP contribution in [0, 0.1) is 6.92 Å². The fourth-order valence-corrected chi connectivity index (χ4v) is 3.36. The predicted molar refractivity (Wildman–Crippen MR) is 96.0 cm³/mol. The number of nitrogens with zero attached hydrogens (tertiary/aromatic N) is 3. The third-order valence-electron chi connectivity index (χ3n) is 4.55. The lowest BCUT2D eigenvalue weighted by molar-refractivity contribution is 0.669. The van der Waals surface area contributed by atoms with Crippen molar-refractivity contribution in [2.75, 3.05) is 0 Å². The van der Waals surface area contributed by atoms with E-state index >= 15 is 0 Å². The van der Waals surface area contributed by atoms with E-state index < -0.39 is 0 Å². The normalized spacial score (nSPS) is 11.8. The summed E-state index contributed by atoms with van der Waals surface area (Å²) < 4.78 is 8.25. The van der Waals surface area contributed by atoms with E-state index in [4.69, 9.17) is 9.40 Å². The molecule has 2 aromatic carbocycles. The Hall–Kier alpha value is -3.14. The summed E-state index contributed by atoms with van der Waals surface area (Å²) in [7, 11) is 2.03. The van der Waals surface area contributed by atoms with Gasteiger partial charge >= 0.3 is 0 Å². The lowest BCUT2D eigenvalue weighted by Gasteiger charge is -2.03. The van der Waals surface area contributed by atoms with Crippen molar-refractivity contribution in [2.45, 2.75) is 6.92 Å². The first-order valence-electron chi connectivity index (χ1n) is 7.92. The van der Waals surface area contributed by atoms with Gasteiger partial charge in [-0.05, 0) is 25.1 Å². The summed E-state index contributed by atoms with van der Waals surface area (Å²) in [6.07, 6.45) is 1.83. The minimum absolute atomic E-state index is 0.877. The summed E-state index contributed by atoms with van der Waals surface area (Å²) in [5.41, 5.74) is 5.73. The molecule has 4 heteroatoms. The molecule has 0 radical (unpaired) electrons. The van der Waals surface area contributed by atoms with Gasteiger partial charge in [-0.15, -0.1) is 0 Å². The SMILES string of the molecule is Cc1cc2c(cn1)nc(-c1cccc3c1oc1ccccc13)n2C. The molecule has 0 unspecified atom stereocenters. The molecule has 5 rings (SSSR count). The number of rotatable bonds is 1. The van der Waals surface area contributed by atoms with E-state index in [0.717, 1.165) is 50.1 Å². The molecule has 5 aromatic rings. The van der Waals surface area contributed by atoms with Gasteiger partial charge in [0.2, 0.25) is 0 Å². The lowest BCUT2D eigenvalue weighted by Crippen LogP contribution is -1.93. The highest BCUT2D eigenvalue weighted by molar-refractivity contribution is 6.09. The number of furan rings is 1. The van der Waals surface area contributed by atoms with Crippen molar-refractivity contribution in [3.8, 4) is 11.4 Å². The molecule has 0 aliphatic carbocycles. The maximum absolute atomic E-state index is 6.14. The maximum atomic E-state index is 6.14. The molecule has 3 aromatic heterocycles. The predicted octanol–water partition coefficient (Wildman–Crippen LogP) is 4.84. The van der Waals surface area contributed by atoms with Crippen LogP contribution in [0.3, 0.4) is 0 Å². The lowest BCUT2D eigenvalue weighted by atomic mass is 10.1. The van der Waals surface area contributed by atoms with Gasteiger partial charge in [0.05, 0.1) is 17.3 Å². The van der Waals surface area contributed by atoms with Gasteiger partial charge in [0.1, 0.15) is 22.5 Å². The zero-order valence-corrected chi connectivity index (χ0v) is 13.4. The van der Waals surface area contributed by atoms with Crippen LogP contribution in [0.5, 0.6) is 0 Å². The molecule has 0 bridgehead atoms. The number of fused-ring (bicyclic) bond motifs is 4. The summed E-state index contributed by atoms with van der Waals surface area (Å²) >= 11 is 0. The fourth-order valence-electron chi connectivity index (χ4n) is 3.36. The molecule has 0 amide bonds. The van der Waals surface area contributed by atoms with Crippen molar-refractivity contribution >= 4 is 33.0 Å². The topological polar surface area (TPSA) is 43.9 Å². The minimum atomic E-state index is 0.877. The molecule has 0 saturated carbocycles. The highest BCUT2D eigenvalue weighted by Gasteiger charge is 2.16. The van der Waals surface area contributed by atoms with Crippen molar-refractivity contribution in [3.05, 3.63) is 60.4 Å². The summed E-state index contributed by atoms with van der Waals surface area (Å²) in [5.74, 6) is 0.891. The van der Waals surface area contributed by atoms with Crippen LogP contribution in [-0.2, 0) is 7.05 Å². The molecule has 24 heavy (non-hydrogen) atoms. The molecule has 0 N–H and O–H groups in total. The second-order valence-electron chi connectivity index (χ2n) is 6.09. The Kier molecular flexibility index (Phi) is 2.59. The quantitative estimate of drug-likeness (QED) is 0.444. The van der Waals surface area contributed by atoms with Gasteiger partial charge in [0.15, 0.2) is 0 Å². The molecule has 0 atom stereocenters. The molecule has 0 fully saturated rings. The standard InChI is InChI=1S/C20H15N3O/c1-12-10-17-16(11-21-12)22-20(23(17)2)15-8-5-7-14-13-6-3-4-9-18(13)24-19(14)15/h3-11H,1-2H3. The number of hydrogen-bond acceptors (Lipinski definition) is 3. The van der Waals surface area contributed by atoms with Gasteiger partial charge < -0.3 is 8.98 Å². The third-order valence-corrected chi connectivity index (χ3v) is 4.55. The molecule has 116 valence electrons. The monoisotopic (exact) mass is 313 g/mol. The Labute approximate surface area is 138 Å². The van der Waals surface area contributed by atoms with Crippen LogP contribution < -0.4 is 0 Å². The molecular formula is C20H15N3O. The number of aryl methyl sites for hydroxylation is 2. The highest BCUT2D eigenvalue weighted by atomic mass is 16.3. The zero-order chi connectivity index (χ0) is 16.3. The minimum Gasteiger partial charge on any atom is -0.455 e. The number of aromatic nitrogens is 3. The summed E-state index contributed by atoms with van der Waals surface area (Å²) in [6.45, 7) is 1.99. The largest absolute Gasteiger partial charge is 0.455 e. The number of benzene rings is 2. The van der Waals surface area contributed by atoms with Crippen molar-refractivity contribution in [1.82, 2.24) is 14.5 Å². The van der Waals surface area contributed by atoms with Gasteiger partial charge in [-0.3, -0.25) is 4.98 Å². The van der Waals surface area contributed by atoms with E-state index in [1.807, 2.05) is 38.4 Å². The molecule has 0 aliphatic rings. The van der Waals surface area contributed by atoms with Gasteiger partial charge in [-0.1, -0.05) is 30.3 Å². The van der Waals surface area contributed by atoms with Crippen LogP contribution in [0.2, 0.25) is 0 Å². The molecule has 3 heterocycles. The molecule has 0 spiro atoms. The van der Waals surface area contributed by atoms with E-state index in [0.29, 0.717) is 0 Å². The number of imidazole rings is 1. The van der Waals surface area contributed by atoms with Gasteiger partial charge in [-0.25, -0.2) is 4.98 Å². The first-order valence-corrected chi connectivity index (χ1v) is 7.92. The van der Waals surface area contributed by atoms with Crippen LogP contribution in [0.15, 0.2) is 59.1 Å². The third kappa shape index (κ3) is 1.74. The Bertz CT molecular complexity index is 1230. The average Bonchev–Trinajstić information content (AvgIpc) is 3.13. The van der Waals surface area contributed by atoms with Crippen molar-refractivity contribution in [3.63, 3.8) is 0 Å². The summed E-state index contributed by atoms with van der Waals surface area (Å²) in [5, 5.41) is 2.25. The van der Waals surface area contributed by atoms with E-state index in [9.17, 15) is 0 Å². The van der Waals surface area contributed by atoms with E-state index in [1.54, 1.807) is 0 Å². The molecule has 0 aliphatic heterocycles. The first-order chi connectivity index (χ1) is 11.7. The molecule has 4 nitrogen and oxygen atoms in total. The Balaban J connectivity index is 1.88. The molecular weight excluding hydrogens is 298 g/mol. The van der Waals surface area contributed by atoms with Crippen molar-refractivity contribution in [1.29, 1.82) is 0 Å². The van der Waals surface area contributed by atoms with Crippen LogP contribution in [0.25, 0.3) is 44.4 Å². The summed E-state index contributed by atoms with van der Waals surface area (Å²) in [4.78, 5) is 9.14. The second kappa shape index (κ2) is 4.68. The van der Waals surface area contributed by atoms with Gasteiger partial charge in [-0.2, -0.15) is 0 Å². The van der Waals surface area contributed by atoms with Crippen molar-refractivity contribution in [2.24, 2.45) is 7.05 Å². The first kappa shape index (κ1) is 13.3. The molecule has 0 saturated heterocycles. The van der Waals surface area contributed by atoms with Crippen molar-refractivity contribution < 1.29 is 4.42 Å². The van der Waals surface area contributed by atoms with Crippen LogP contribution in [0.1, 0.15) is 5.69 Å². The van der Waals surface area contributed by atoms with Crippen LogP contribution in [0.4, 0.5) is 0 Å².